The highest BCUT2D eigenvalue weighted by Gasteiger charge is 2.34. The van der Waals surface area contributed by atoms with Gasteiger partial charge in [-0.3, -0.25) is 0 Å². The number of para-hydroxylation sites is 1. The van der Waals surface area contributed by atoms with E-state index in [4.69, 9.17) is 4.74 Å². The van der Waals surface area contributed by atoms with E-state index in [0.29, 0.717) is 10.7 Å². The van der Waals surface area contributed by atoms with Gasteiger partial charge in [0.1, 0.15) is 5.75 Å². The number of fused-ring (bicyclic) bond motifs is 1. The Kier molecular flexibility index (Phi) is 4.40. The lowest BCUT2D eigenvalue weighted by Crippen LogP contribution is -2.29. The molecule has 4 unspecified atom stereocenters. The standard InChI is InChI=1S/C18H25BrO/c1-12(2)13-7-8-17(19)14(9-13)10-15-11-20-18-6-4-3-5-16(15)18/h3-6,12-15,17H,7-11H2,1-2H3. The number of hydrogen-bond acceptors (Lipinski definition) is 1. The molecule has 0 saturated heterocycles. The molecule has 3 rings (SSSR count). The van der Waals surface area contributed by atoms with Crippen LogP contribution in [-0.4, -0.2) is 11.4 Å². The molecule has 0 bridgehead atoms. The lowest BCUT2D eigenvalue weighted by Gasteiger charge is -2.36. The predicted octanol–water partition coefficient (Wildman–Crippen LogP) is 5.39. The van der Waals surface area contributed by atoms with Crippen molar-refractivity contribution in [1.82, 2.24) is 0 Å². The Balaban J connectivity index is 1.68. The van der Waals surface area contributed by atoms with Crippen LogP contribution in [-0.2, 0) is 0 Å². The van der Waals surface area contributed by atoms with Gasteiger partial charge in [0.15, 0.2) is 0 Å². The molecular formula is C18H25BrO. The fourth-order valence-corrected chi connectivity index (χ4v) is 4.60. The largest absolute Gasteiger partial charge is 0.493 e. The SMILES string of the molecule is CC(C)C1CCC(Br)C(CC2COc3ccccc32)C1. The molecule has 1 nitrogen and oxygen atoms in total. The Morgan fingerprint density at radius 1 is 1.25 bits per heavy atom. The van der Waals surface area contributed by atoms with E-state index >= 15 is 0 Å². The van der Waals surface area contributed by atoms with Crippen molar-refractivity contribution in [3.8, 4) is 5.75 Å². The number of ether oxygens (including phenoxy) is 1. The fraction of sp³-hybridized carbons (Fsp3) is 0.667. The lowest BCUT2D eigenvalue weighted by atomic mass is 9.73. The number of halogens is 1. The molecule has 4 atom stereocenters. The molecule has 2 aliphatic rings. The van der Waals surface area contributed by atoms with Gasteiger partial charge < -0.3 is 4.74 Å². The molecule has 1 aliphatic heterocycles. The zero-order valence-corrected chi connectivity index (χ0v) is 14.1. The minimum Gasteiger partial charge on any atom is -0.493 e. The number of hydrogen-bond donors (Lipinski definition) is 0. The van der Waals surface area contributed by atoms with Crippen molar-refractivity contribution < 1.29 is 4.74 Å². The van der Waals surface area contributed by atoms with Crippen molar-refractivity contribution in [2.24, 2.45) is 17.8 Å². The Morgan fingerprint density at radius 2 is 2.05 bits per heavy atom. The van der Waals surface area contributed by atoms with Gasteiger partial charge in [-0.05, 0) is 49.5 Å². The Labute approximate surface area is 131 Å². The molecule has 110 valence electrons. The zero-order valence-electron chi connectivity index (χ0n) is 12.5. The summed E-state index contributed by atoms with van der Waals surface area (Å²) in [5.74, 6) is 4.24. The maximum Gasteiger partial charge on any atom is 0.122 e. The normalized spacial score (nSPS) is 33.0. The molecule has 1 saturated carbocycles. The molecule has 1 aromatic rings. The Morgan fingerprint density at radius 3 is 2.85 bits per heavy atom. The monoisotopic (exact) mass is 336 g/mol. The Bertz CT molecular complexity index is 456. The molecule has 2 heteroatoms. The van der Waals surface area contributed by atoms with Crippen LogP contribution in [0.2, 0.25) is 0 Å². The summed E-state index contributed by atoms with van der Waals surface area (Å²) < 4.78 is 5.85. The first-order valence-corrected chi connectivity index (χ1v) is 8.92. The molecule has 1 heterocycles. The fourth-order valence-electron chi connectivity index (χ4n) is 3.90. The van der Waals surface area contributed by atoms with Gasteiger partial charge in [0.2, 0.25) is 0 Å². The molecular weight excluding hydrogens is 312 g/mol. The van der Waals surface area contributed by atoms with Crippen LogP contribution >= 0.6 is 15.9 Å². The highest BCUT2D eigenvalue weighted by molar-refractivity contribution is 9.09. The summed E-state index contributed by atoms with van der Waals surface area (Å²) in [7, 11) is 0. The first-order valence-electron chi connectivity index (χ1n) is 8.01. The van der Waals surface area contributed by atoms with Crippen molar-refractivity contribution in [3.05, 3.63) is 29.8 Å². The minimum absolute atomic E-state index is 0.599. The average Bonchev–Trinajstić information content (AvgIpc) is 2.84. The summed E-state index contributed by atoms with van der Waals surface area (Å²) in [6.45, 7) is 5.64. The molecule has 0 radical (unpaired) electrons. The van der Waals surface area contributed by atoms with E-state index in [0.717, 1.165) is 30.1 Å². The van der Waals surface area contributed by atoms with Crippen LogP contribution in [0.1, 0.15) is 51.0 Å². The van der Waals surface area contributed by atoms with Gasteiger partial charge >= 0.3 is 0 Å². The van der Waals surface area contributed by atoms with Gasteiger partial charge in [-0.2, -0.15) is 0 Å². The Hall–Kier alpha value is -0.500. The van der Waals surface area contributed by atoms with E-state index in [1.807, 2.05) is 0 Å². The third-order valence-electron chi connectivity index (χ3n) is 5.26. The second-order valence-electron chi connectivity index (χ2n) is 6.87. The van der Waals surface area contributed by atoms with Crippen LogP contribution in [0.25, 0.3) is 0 Å². The van der Waals surface area contributed by atoms with Crippen LogP contribution in [0.3, 0.4) is 0 Å². The van der Waals surface area contributed by atoms with E-state index in [1.54, 1.807) is 0 Å². The maximum absolute atomic E-state index is 5.85. The lowest BCUT2D eigenvalue weighted by molar-refractivity contribution is 0.201. The average molecular weight is 337 g/mol. The van der Waals surface area contributed by atoms with Gasteiger partial charge in [-0.15, -0.1) is 0 Å². The third-order valence-corrected chi connectivity index (χ3v) is 6.46. The number of benzene rings is 1. The summed E-state index contributed by atoms with van der Waals surface area (Å²) in [5.41, 5.74) is 1.43. The minimum atomic E-state index is 0.599. The molecule has 0 spiro atoms. The molecule has 0 amide bonds. The quantitative estimate of drug-likeness (QED) is 0.672. The van der Waals surface area contributed by atoms with Gasteiger partial charge in [-0.1, -0.05) is 48.0 Å². The summed E-state index contributed by atoms with van der Waals surface area (Å²) in [6.07, 6.45) is 5.38. The van der Waals surface area contributed by atoms with Crippen molar-refractivity contribution in [3.63, 3.8) is 0 Å². The predicted molar refractivity (Wildman–Crippen MR) is 87.7 cm³/mol. The molecule has 0 aromatic heterocycles. The van der Waals surface area contributed by atoms with Crippen molar-refractivity contribution in [1.29, 1.82) is 0 Å². The first-order chi connectivity index (χ1) is 9.65. The molecule has 1 fully saturated rings. The smallest absolute Gasteiger partial charge is 0.122 e. The highest BCUT2D eigenvalue weighted by atomic mass is 79.9. The van der Waals surface area contributed by atoms with Crippen molar-refractivity contribution in [2.75, 3.05) is 6.61 Å². The summed E-state index contributed by atoms with van der Waals surface area (Å²) >= 11 is 3.94. The highest BCUT2D eigenvalue weighted by Crippen LogP contribution is 2.44. The van der Waals surface area contributed by atoms with E-state index in [1.165, 1.54) is 31.2 Å². The number of alkyl halides is 1. The van der Waals surface area contributed by atoms with E-state index in [2.05, 4.69) is 54.0 Å². The summed E-state index contributed by atoms with van der Waals surface area (Å²) in [6, 6.07) is 8.57. The van der Waals surface area contributed by atoms with Crippen LogP contribution in [0.5, 0.6) is 5.75 Å². The van der Waals surface area contributed by atoms with Crippen LogP contribution in [0, 0.1) is 17.8 Å². The summed E-state index contributed by atoms with van der Waals surface area (Å²) in [4.78, 5) is 0.699. The zero-order chi connectivity index (χ0) is 14.1. The van der Waals surface area contributed by atoms with Crippen molar-refractivity contribution >= 4 is 15.9 Å². The van der Waals surface area contributed by atoms with Crippen LogP contribution in [0.4, 0.5) is 0 Å². The molecule has 20 heavy (non-hydrogen) atoms. The first kappa shape index (κ1) is 14.4. The van der Waals surface area contributed by atoms with E-state index in [-0.39, 0.29) is 0 Å². The maximum atomic E-state index is 5.85. The van der Waals surface area contributed by atoms with E-state index in [9.17, 15) is 0 Å². The van der Waals surface area contributed by atoms with Crippen LogP contribution < -0.4 is 4.74 Å². The molecule has 1 aliphatic carbocycles. The summed E-state index contributed by atoms with van der Waals surface area (Å²) in [5, 5.41) is 0. The van der Waals surface area contributed by atoms with Crippen molar-refractivity contribution in [2.45, 2.75) is 50.3 Å². The number of rotatable bonds is 3. The van der Waals surface area contributed by atoms with Gasteiger partial charge in [0.25, 0.3) is 0 Å². The van der Waals surface area contributed by atoms with Crippen LogP contribution in [0.15, 0.2) is 24.3 Å². The van der Waals surface area contributed by atoms with E-state index < -0.39 is 0 Å². The van der Waals surface area contributed by atoms with Gasteiger partial charge in [0, 0.05) is 16.3 Å². The topological polar surface area (TPSA) is 9.23 Å². The molecule has 0 N–H and O–H groups in total. The third kappa shape index (κ3) is 2.90. The van der Waals surface area contributed by atoms with Gasteiger partial charge in [-0.25, -0.2) is 0 Å². The van der Waals surface area contributed by atoms with Gasteiger partial charge in [0.05, 0.1) is 6.61 Å². The second-order valence-corrected chi connectivity index (χ2v) is 8.05. The second kappa shape index (κ2) is 6.09. The molecule has 1 aromatic carbocycles.